The van der Waals surface area contributed by atoms with Gasteiger partial charge in [-0.05, 0) is 24.3 Å². The van der Waals surface area contributed by atoms with Crippen molar-refractivity contribution >= 4 is 21.6 Å². The number of halogens is 1. The van der Waals surface area contributed by atoms with Crippen LogP contribution >= 0.6 is 15.9 Å². The minimum Gasteiger partial charge on any atom is -0.380 e. The van der Waals surface area contributed by atoms with Crippen LogP contribution in [0, 0.1) is 11.8 Å². The second-order valence-corrected chi connectivity index (χ2v) is 5.07. The van der Waals surface area contributed by atoms with Gasteiger partial charge in [0, 0.05) is 28.4 Å². The summed E-state index contributed by atoms with van der Waals surface area (Å²) in [6, 6.07) is 16.0. The number of benzene rings is 2. The van der Waals surface area contributed by atoms with Crippen molar-refractivity contribution in [2.75, 3.05) is 19.0 Å². The molecule has 0 fully saturated rings. The number of hydrogen-bond donors (Lipinski definition) is 1. The van der Waals surface area contributed by atoms with Crippen LogP contribution in [0.3, 0.4) is 0 Å². The highest BCUT2D eigenvalue weighted by Gasteiger charge is 2.04. The lowest BCUT2D eigenvalue weighted by Gasteiger charge is -2.11. The van der Waals surface area contributed by atoms with Crippen LogP contribution < -0.4 is 5.32 Å². The molecule has 0 atom stereocenters. The van der Waals surface area contributed by atoms with E-state index in [9.17, 15) is 0 Å². The molecule has 0 aliphatic heterocycles. The third-order valence-corrected chi connectivity index (χ3v) is 3.52. The molecule has 2 aromatic carbocycles. The van der Waals surface area contributed by atoms with Crippen molar-refractivity contribution in [1.29, 1.82) is 0 Å². The Kier molecular flexibility index (Phi) is 5.67. The Bertz CT molecular complexity index is 614. The molecular formula is C17H16BrNO. The first-order valence-electron chi connectivity index (χ1n) is 6.35. The van der Waals surface area contributed by atoms with E-state index in [2.05, 4.69) is 33.1 Å². The number of anilines is 1. The van der Waals surface area contributed by atoms with Gasteiger partial charge in [-0.1, -0.05) is 52.0 Å². The van der Waals surface area contributed by atoms with Gasteiger partial charge >= 0.3 is 0 Å². The van der Waals surface area contributed by atoms with Gasteiger partial charge in [0.2, 0.25) is 0 Å². The number of rotatable bonds is 4. The second-order valence-electron chi connectivity index (χ2n) is 4.22. The zero-order valence-electron chi connectivity index (χ0n) is 11.3. The number of methoxy groups -OCH3 is 1. The maximum absolute atomic E-state index is 5.22. The van der Waals surface area contributed by atoms with E-state index in [-0.39, 0.29) is 0 Å². The predicted molar refractivity (Wildman–Crippen MR) is 86.7 cm³/mol. The quantitative estimate of drug-likeness (QED) is 0.854. The van der Waals surface area contributed by atoms with Gasteiger partial charge in [0.25, 0.3) is 0 Å². The fourth-order valence-corrected chi connectivity index (χ4v) is 2.30. The lowest BCUT2D eigenvalue weighted by Crippen LogP contribution is -2.03. The smallest absolute Gasteiger partial charge is 0.0769 e. The van der Waals surface area contributed by atoms with Gasteiger partial charge in [-0.15, -0.1) is 0 Å². The molecule has 0 aliphatic rings. The van der Waals surface area contributed by atoms with Crippen LogP contribution in [0.4, 0.5) is 5.69 Å². The zero-order valence-corrected chi connectivity index (χ0v) is 12.9. The zero-order chi connectivity index (χ0) is 14.2. The highest BCUT2D eigenvalue weighted by atomic mass is 79.9. The first kappa shape index (κ1) is 14.6. The molecule has 0 aliphatic carbocycles. The van der Waals surface area contributed by atoms with Gasteiger partial charge in [0.1, 0.15) is 0 Å². The fraction of sp³-hybridized carbons (Fsp3) is 0.176. The Morgan fingerprint density at radius 3 is 2.65 bits per heavy atom. The summed E-state index contributed by atoms with van der Waals surface area (Å²) < 4.78 is 6.26. The summed E-state index contributed by atoms with van der Waals surface area (Å²) in [4.78, 5) is 0. The highest BCUT2D eigenvalue weighted by Crippen LogP contribution is 2.25. The topological polar surface area (TPSA) is 21.3 Å². The molecule has 3 heteroatoms. The molecule has 20 heavy (non-hydrogen) atoms. The van der Waals surface area contributed by atoms with Gasteiger partial charge in [-0.2, -0.15) is 0 Å². The number of nitrogens with one attached hydrogen (secondary N) is 1. The summed E-state index contributed by atoms with van der Waals surface area (Å²) in [6.07, 6.45) is 0. The minimum atomic E-state index is 0.565. The van der Waals surface area contributed by atoms with E-state index in [0.717, 1.165) is 21.3 Å². The monoisotopic (exact) mass is 329 g/mol. The second kappa shape index (κ2) is 7.74. The van der Waals surface area contributed by atoms with E-state index in [1.54, 1.807) is 7.11 Å². The van der Waals surface area contributed by atoms with Crippen molar-refractivity contribution in [3.8, 4) is 11.8 Å². The molecule has 2 rings (SSSR count). The Morgan fingerprint density at radius 1 is 1.10 bits per heavy atom. The number of hydrogen-bond acceptors (Lipinski definition) is 2. The van der Waals surface area contributed by atoms with Crippen molar-refractivity contribution in [2.45, 2.75) is 6.61 Å². The molecule has 0 bridgehead atoms. The molecule has 0 amide bonds. The molecule has 0 unspecified atom stereocenters. The molecule has 0 spiro atoms. The van der Waals surface area contributed by atoms with E-state index in [1.807, 2.05) is 48.5 Å². The molecule has 2 aromatic rings. The fourth-order valence-electron chi connectivity index (χ4n) is 1.82. The summed E-state index contributed by atoms with van der Waals surface area (Å²) >= 11 is 3.54. The number of ether oxygens (including phenoxy) is 1. The lowest BCUT2D eigenvalue weighted by molar-refractivity contribution is 0.185. The Balaban J connectivity index is 2.01. The van der Waals surface area contributed by atoms with Gasteiger partial charge in [0.05, 0.1) is 13.2 Å². The van der Waals surface area contributed by atoms with Crippen LogP contribution in [0.5, 0.6) is 0 Å². The first-order valence-corrected chi connectivity index (χ1v) is 7.14. The molecule has 102 valence electrons. The maximum Gasteiger partial charge on any atom is 0.0769 e. The van der Waals surface area contributed by atoms with Gasteiger partial charge < -0.3 is 10.1 Å². The molecule has 0 saturated heterocycles. The van der Waals surface area contributed by atoms with Crippen LogP contribution in [0.2, 0.25) is 0 Å². The highest BCUT2D eigenvalue weighted by molar-refractivity contribution is 9.10. The van der Waals surface area contributed by atoms with Crippen LogP contribution in [0.15, 0.2) is 53.0 Å². The normalized spacial score (nSPS) is 9.70. The van der Waals surface area contributed by atoms with Crippen molar-refractivity contribution in [1.82, 2.24) is 0 Å². The van der Waals surface area contributed by atoms with Crippen LogP contribution in [0.1, 0.15) is 11.1 Å². The van der Waals surface area contributed by atoms with Gasteiger partial charge in [-0.3, -0.25) is 0 Å². The van der Waals surface area contributed by atoms with E-state index in [0.29, 0.717) is 13.2 Å². The predicted octanol–water partition coefficient (Wildman–Crippen LogP) is 4.06. The third-order valence-electron chi connectivity index (χ3n) is 2.78. The van der Waals surface area contributed by atoms with Crippen molar-refractivity contribution in [3.05, 3.63) is 64.1 Å². The molecule has 0 aromatic heterocycles. The van der Waals surface area contributed by atoms with Crippen molar-refractivity contribution in [3.63, 3.8) is 0 Å². The summed E-state index contributed by atoms with van der Waals surface area (Å²) in [5.41, 5.74) is 3.18. The van der Waals surface area contributed by atoms with E-state index < -0.39 is 0 Å². The molecule has 0 saturated carbocycles. The molecular weight excluding hydrogens is 314 g/mol. The molecule has 1 N–H and O–H groups in total. The molecule has 0 radical (unpaired) electrons. The van der Waals surface area contributed by atoms with E-state index in [1.165, 1.54) is 0 Å². The summed E-state index contributed by atoms with van der Waals surface area (Å²) in [5, 5.41) is 3.33. The molecule has 2 nitrogen and oxygen atoms in total. The summed E-state index contributed by atoms with van der Waals surface area (Å²) in [6.45, 7) is 1.16. The van der Waals surface area contributed by atoms with Crippen molar-refractivity contribution < 1.29 is 4.74 Å². The Morgan fingerprint density at radius 2 is 1.90 bits per heavy atom. The van der Waals surface area contributed by atoms with Gasteiger partial charge in [0.15, 0.2) is 0 Å². The maximum atomic E-state index is 5.22. The van der Waals surface area contributed by atoms with Crippen molar-refractivity contribution in [2.24, 2.45) is 0 Å². The van der Waals surface area contributed by atoms with Gasteiger partial charge in [-0.25, -0.2) is 0 Å². The SMILES string of the molecule is COCc1c(Br)cccc1NCC#Cc1ccccc1. The van der Waals surface area contributed by atoms with Crippen LogP contribution in [0.25, 0.3) is 0 Å². The van der Waals surface area contributed by atoms with E-state index >= 15 is 0 Å². The van der Waals surface area contributed by atoms with E-state index in [4.69, 9.17) is 4.74 Å². The largest absolute Gasteiger partial charge is 0.380 e. The standard InChI is InChI=1S/C17H16BrNO/c1-20-13-15-16(18)10-5-11-17(15)19-12-6-9-14-7-3-2-4-8-14/h2-5,7-8,10-11,19H,12-13H2,1H3. The Labute approximate surface area is 128 Å². The summed E-state index contributed by atoms with van der Waals surface area (Å²) in [7, 11) is 1.69. The first-order chi connectivity index (χ1) is 9.81. The van der Waals surface area contributed by atoms with Crippen LogP contribution in [-0.4, -0.2) is 13.7 Å². The molecule has 0 heterocycles. The third kappa shape index (κ3) is 4.12. The Hall–Kier alpha value is -1.76. The average molecular weight is 330 g/mol. The summed E-state index contributed by atoms with van der Waals surface area (Å²) in [5.74, 6) is 6.25. The van der Waals surface area contributed by atoms with Crippen LogP contribution in [-0.2, 0) is 11.3 Å². The average Bonchev–Trinajstić information content (AvgIpc) is 2.48. The minimum absolute atomic E-state index is 0.565. The lowest BCUT2D eigenvalue weighted by atomic mass is 10.2.